The summed E-state index contributed by atoms with van der Waals surface area (Å²) in [5, 5.41) is 8.68. The van der Waals surface area contributed by atoms with E-state index in [1.54, 1.807) is 0 Å². The van der Waals surface area contributed by atoms with Crippen molar-refractivity contribution in [1.82, 2.24) is 0 Å². The van der Waals surface area contributed by atoms with Gasteiger partial charge in [-0.05, 0) is 30.7 Å². The van der Waals surface area contributed by atoms with Gasteiger partial charge in [0.1, 0.15) is 5.75 Å². The van der Waals surface area contributed by atoms with Crippen LogP contribution in [0.2, 0.25) is 0 Å². The first-order chi connectivity index (χ1) is 9.15. The van der Waals surface area contributed by atoms with Crippen LogP contribution in [0.3, 0.4) is 0 Å². The molecule has 1 unspecified atom stereocenters. The van der Waals surface area contributed by atoms with Gasteiger partial charge in [0.15, 0.2) is 0 Å². The molecule has 1 atom stereocenters. The Bertz CT molecular complexity index is 478. The zero-order valence-electron chi connectivity index (χ0n) is 10.3. The number of rotatable bonds is 5. The third-order valence-electron chi connectivity index (χ3n) is 2.88. The molecule has 2 rings (SSSR count). The number of hydrogen-bond acceptors (Lipinski definition) is 3. The summed E-state index contributed by atoms with van der Waals surface area (Å²) in [4.78, 5) is 10.6. The minimum atomic E-state index is -0.977. The van der Waals surface area contributed by atoms with Crippen molar-refractivity contribution in [2.24, 2.45) is 5.92 Å². The second-order valence-corrected chi connectivity index (χ2v) is 5.31. The lowest BCUT2D eigenvalue weighted by molar-refractivity contribution is -0.131. The molecular formula is C14H15BrO4. The second-order valence-electron chi connectivity index (χ2n) is 4.39. The number of benzene rings is 1. The fourth-order valence-corrected chi connectivity index (χ4v) is 2.24. The zero-order valence-corrected chi connectivity index (χ0v) is 11.9. The van der Waals surface area contributed by atoms with Gasteiger partial charge in [-0.2, -0.15) is 0 Å². The van der Waals surface area contributed by atoms with Crippen molar-refractivity contribution in [3.8, 4) is 5.75 Å². The highest BCUT2D eigenvalue weighted by Gasteiger charge is 2.16. The van der Waals surface area contributed by atoms with Crippen LogP contribution in [0, 0.1) is 5.92 Å². The molecule has 1 aliphatic heterocycles. The van der Waals surface area contributed by atoms with Gasteiger partial charge in [-0.3, -0.25) is 0 Å². The van der Waals surface area contributed by atoms with Crippen LogP contribution in [0.25, 0.3) is 6.08 Å². The molecule has 0 spiro atoms. The molecule has 0 saturated carbocycles. The van der Waals surface area contributed by atoms with Gasteiger partial charge in [-0.25, -0.2) is 4.79 Å². The van der Waals surface area contributed by atoms with Gasteiger partial charge < -0.3 is 14.6 Å². The van der Waals surface area contributed by atoms with Crippen molar-refractivity contribution < 1.29 is 19.4 Å². The van der Waals surface area contributed by atoms with Crippen molar-refractivity contribution in [2.75, 3.05) is 19.8 Å². The lowest BCUT2D eigenvalue weighted by Crippen LogP contribution is -2.12. The summed E-state index contributed by atoms with van der Waals surface area (Å²) in [6, 6.07) is 5.54. The van der Waals surface area contributed by atoms with E-state index >= 15 is 0 Å². The number of ether oxygens (including phenoxy) is 2. The molecule has 19 heavy (non-hydrogen) atoms. The van der Waals surface area contributed by atoms with Crippen LogP contribution >= 0.6 is 15.9 Å². The van der Waals surface area contributed by atoms with E-state index in [9.17, 15) is 4.79 Å². The molecule has 4 nitrogen and oxygen atoms in total. The predicted octanol–water partition coefficient (Wildman–Crippen LogP) is 2.96. The van der Waals surface area contributed by atoms with Gasteiger partial charge in [0, 0.05) is 28.6 Å². The molecule has 1 heterocycles. The summed E-state index contributed by atoms with van der Waals surface area (Å²) in [7, 11) is 0. The highest BCUT2D eigenvalue weighted by Crippen LogP contribution is 2.25. The summed E-state index contributed by atoms with van der Waals surface area (Å²) in [6.45, 7) is 2.12. The quantitative estimate of drug-likeness (QED) is 0.845. The van der Waals surface area contributed by atoms with Gasteiger partial charge in [0.25, 0.3) is 0 Å². The van der Waals surface area contributed by atoms with Crippen LogP contribution in [0.4, 0.5) is 0 Å². The lowest BCUT2D eigenvalue weighted by Gasteiger charge is -2.12. The van der Waals surface area contributed by atoms with Gasteiger partial charge >= 0.3 is 5.97 Å². The van der Waals surface area contributed by atoms with Crippen LogP contribution in [0.15, 0.2) is 28.7 Å². The fraction of sp³-hybridized carbons (Fsp3) is 0.357. The highest BCUT2D eigenvalue weighted by atomic mass is 79.9. The Labute approximate surface area is 120 Å². The average Bonchev–Trinajstić information content (AvgIpc) is 2.88. The molecule has 0 radical (unpaired) electrons. The molecule has 102 valence electrons. The lowest BCUT2D eigenvalue weighted by atomic mass is 10.1. The van der Waals surface area contributed by atoms with Crippen molar-refractivity contribution in [1.29, 1.82) is 0 Å². The standard InChI is InChI=1S/C14H15BrO4/c15-12-2-3-13(11(7-12)1-4-14(16)17)19-9-10-5-6-18-8-10/h1-4,7,10H,5-6,8-9H2,(H,16,17). The van der Waals surface area contributed by atoms with E-state index in [-0.39, 0.29) is 0 Å². The molecule has 0 amide bonds. The molecule has 0 bridgehead atoms. The first-order valence-electron chi connectivity index (χ1n) is 6.06. The Morgan fingerprint density at radius 3 is 3.11 bits per heavy atom. The van der Waals surface area contributed by atoms with E-state index in [0.29, 0.717) is 18.3 Å². The van der Waals surface area contributed by atoms with E-state index in [2.05, 4.69) is 15.9 Å². The van der Waals surface area contributed by atoms with Crippen molar-refractivity contribution in [2.45, 2.75) is 6.42 Å². The van der Waals surface area contributed by atoms with Crippen LogP contribution in [-0.4, -0.2) is 30.9 Å². The van der Waals surface area contributed by atoms with Crippen molar-refractivity contribution >= 4 is 28.0 Å². The molecule has 5 heteroatoms. The number of carboxylic acids is 1. The minimum Gasteiger partial charge on any atom is -0.493 e. The van der Waals surface area contributed by atoms with E-state index < -0.39 is 5.97 Å². The molecule has 1 aliphatic rings. The van der Waals surface area contributed by atoms with E-state index in [4.69, 9.17) is 14.6 Å². The predicted molar refractivity (Wildman–Crippen MR) is 75.2 cm³/mol. The summed E-state index contributed by atoms with van der Waals surface area (Å²) < 4.78 is 11.9. The average molecular weight is 327 g/mol. The normalized spacial score (nSPS) is 18.9. The van der Waals surface area contributed by atoms with E-state index in [1.807, 2.05) is 18.2 Å². The number of carboxylic acid groups (broad SMARTS) is 1. The van der Waals surface area contributed by atoms with Crippen LogP contribution in [0.5, 0.6) is 5.75 Å². The summed E-state index contributed by atoms with van der Waals surface area (Å²) >= 11 is 3.36. The zero-order chi connectivity index (χ0) is 13.7. The van der Waals surface area contributed by atoms with Crippen molar-refractivity contribution in [3.63, 3.8) is 0 Å². The number of hydrogen-bond donors (Lipinski definition) is 1. The maximum atomic E-state index is 10.6. The number of aliphatic carboxylic acids is 1. The number of carbonyl (C=O) groups is 1. The van der Waals surface area contributed by atoms with Crippen LogP contribution < -0.4 is 4.74 Å². The largest absolute Gasteiger partial charge is 0.493 e. The maximum Gasteiger partial charge on any atom is 0.328 e. The molecule has 0 aliphatic carbocycles. The Kier molecular flexibility index (Phi) is 4.99. The van der Waals surface area contributed by atoms with Crippen molar-refractivity contribution in [3.05, 3.63) is 34.3 Å². The highest BCUT2D eigenvalue weighted by molar-refractivity contribution is 9.10. The Hall–Kier alpha value is -1.33. The molecule has 1 saturated heterocycles. The van der Waals surface area contributed by atoms with Gasteiger partial charge in [-0.15, -0.1) is 0 Å². The topological polar surface area (TPSA) is 55.8 Å². The monoisotopic (exact) mass is 326 g/mol. The third kappa shape index (κ3) is 4.36. The first kappa shape index (κ1) is 14.1. The molecular weight excluding hydrogens is 312 g/mol. The van der Waals surface area contributed by atoms with Gasteiger partial charge in [0.2, 0.25) is 0 Å². The van der Waals surface area contributed by atoms with E-state index in [1.165, 1.54) is 6.08 Å². The van der Waals surface area contributed by atoms with E-state index in [0.717, 1.165) is 35.7 Å². The molecule has 1 aromatic carbocycles. The summed E-state index contributed by atoms with van der Waals surface area (Å²) in [6.07, 6.45) is 3.65. The van der Waals surface area contributed by atoms with Gasteiger partial charge in [-0.1, -0.05) is 15.9 Å². The summed E-state index contributed by atoms with van der Waals surface area (Å²) in [5.74, 6) is 0.127. The fourth-order valence-electron chi connectivity index (χ4n) is 1.86. The summed E-state index contributed by atoms with van der Waals surface area (Å²) in [5.41, 5.74) is 0.746. The second kappa shape index (κ2) is 6.73. The van der Waals surface area contributed by atoms with Crippen LogP contribution in [-0.2, 0) is 9.53 Å². The molecule has 1 N–H and O–H groups in total. The third-order valence-corrected chi connectivity index (χ3v) is 3.37. The Morgan fingerprint density at radius 2 is 2.42 bits per heavy atom. The minimum absolute atomic E-state index is 0.417. The first-order valence-corrected chi connectivity index (χ1v) is 6.85. The SMILES string of the molecule is O=C(O)C=Cc1cc(Br)ccc1OCC1CCOC1. The van der Waals surface area contributed by atoms with Gasteiger partial charge in [0.05, 0.1) is 13.2 Å². The Balaban J connectivity index is 2.07. The smallest absolute Gasteiger partial charge is 0.328 e. The number of halogens is 1. The molecule has 1 fully saturated rings. The van der Waals surface area contributed by atoms with Crippen LogP contribution in [0.1, 0.15) is 12.0 Å². The Morgan fingerprint density at radius 1 is 1.58 bits per heavy atom. The maximum absolute atomic E-state index is 10.6. The molecule has 0 aromatic heterocycles. The molecule has 1 aromatic rings.